The van der Waals surface area contributed by atoms with Crippen LogP contribution in [0.15, 0.2) is 48.0 Å². The maximum Gasteiger partial charge on any atom is 0.259 e. The van der Waals surface area contributed by atoms with Gasteiger partial charge in [0, 0.05) is 46.3 Å². The molecule has 0 amide bonds. The van der Waals surface area contributed by atoms with Gasteiger partial charge in [0.1, 0.15) is 18.4 Å². The number of nitrogens with zero attached hydrogens (tertiary/aromatic N) is 7. The van der Waals surface area contributed by atoms with Gasteiger partial charge in [-0.1, -0.05) is 42.1 Å². The quantitative estimate of drug-likeness (QED) is 0.139. The smallest absolute Gasteiger partial charge is 0.259 e. The summed E-state index contributed by atoms with van der Waals surface area (Å²) >= 11 is 1.25. The predicted molar refractivity (Wildman–Crippen MR) is 158 cm³/mol. The van der Waals surface area contributed by atoms with Crippen molar-refractivity contribution in [2.24, 2.45) is 4.99 Å². The number of hydrogen-bond acceptors (Lipinski definition) is 10. The second-order valence-electron chi connectivity index (χ2n) is 9.82. The van der Waals surface area contributed by atoms with E-state index in [4.69, 9.17) is 15.2 Å². The Morgan fingerprint density at radius 3 is 2.80 bits per heavy atom. The monoisotopic (exact) mass is 586 g/mol. The second kappa shape index (κ2) is 13.5. The van der Waals surface area contributed by atoms with E-state index in [0.717, 1.165) is 31.8 Å². The number of rotatable bonds is 10. The zero-order valence-electron chi connectivity index (χ0n) is 24.0. The van der Waals surface area contributed by atoms with Crippen molar-refractivity contribution in [2.75, 3.05) is 39.5 Å². The third kappa shape index (κ3) is 6.87. The van der Waals surface area contributed by atoms with Crippen molar-refractivity contribution in [1.29, 1.82) is 0 Å². The van der Waals surface area contributed by atoms with Gasteiger partial charge in [0.05, 0.1) is 25.1 Å². The maximum atomic E-state index is 12.5. The summed E-state index contributed by atoms with van der Waals surface area (Å²) in [6, 6.07) is 9.27. The van der Waals surface area contributed by atoms with Gasteiger partial charge in [0.15, 0.2) is 17.0 Å². The van der Waals surface area contributed by atoms with Crippen molar-refractivity contribution < 1.29 is 19.9 Å². The van der Waals surface area contributed by atoms with Crippen molar-refractivity contribution in [3.63, 3.8) is 0 Å². The summed E-state index contributed by atoms with van der Waals surface area (Å²) in [6.07, 6.45) is 4.76. The van der Waals surface area contributed by atoms with Gasteiger partial charge in [-0.25, -0.2) is 24.6 Å². The highest BCUT2D eigenvalue weighted by molar-refractivity contribution is 8.14. The molecular weight excluding hydrogens is 549 g/mol. The topological polar surface area (TPSA) is 107 Å². The zero-order valence-corrected chi connectivity index (χ0v) is 24.8. The minimum atomic E-state index is -1.35. The first-order valence-corrected chi connectivity index (χ1v) is 15.5. The fourth-order valence-electron chi connectivity index (χ4n) is 4.44. The molecule has 0 spiro atoms. The number of aliphatic imine (C=N–C) groups is 1. The number of benzene rings is 1. The Bertz CT molecular complexity index is 1340. The zero-order chi connectivity index (χ0) is 28.8. The number of thioether (sulfide) groups is 1. The van der Waals surface area contributed by atoms with E-state index in [1.807, 2.05) is 60.8 Å². The fraction of sp³-hybridized carbons (Fsp3) is 0.519. The number of imidazole rings is 1. The molecule has 0 N–H and O–H groups in total. The summed E-state index contributed by atoms with van der Waals surface area (Å²) in [6.45, 7) is 4.18. The van der Waals surface area contributed by atoms with Crippen LogP contribution in [0.25, 0.3) is 11.2 Å². The molecule has 4 atom stereocenters. The molecule has 214 valence electrons. The highest BCUT2D eigenvalue weighted by Crippen LogP contribution is 2.49. The largest absolute Gasteiger partial charge is 0.366 e. The van der Waals surface area contributed by atoms with E-state index in [9.17, 15) is 4.79 Å². The van der Waals surface area contributed by atoms with E-state index in [-0.39, 0.29) is 18.1 Å². The highest BCUT2D eigenvalue weighted by atomic mass is 32.2. The first kappa shape index (κ1) is 27.7. The van der Waals surface area contributed by atoms with Crippen LogP contribution in [0, 0.1) is 0 Å². The van der Waals surface area contributed by atoms with Crippen LogP contribution in [0.4, 0.5) is 5.82 Å². The number of hydrogen-bond donors (Lipinski definition) is 0. The van der Waals surface area contributed by atoms with Crippen molar-refractivity contribution in [2.45, 2.75) is 51.5 Å². The molecule has 3 aromatic rings. The molecule has 2 fully saturated rings. The molecule has 0 radical (unpaired) electrons. The molecule has 11 nitrogen and oxygen atoms in total. The van der Waals surface area contributed by atoms with Crippen molar-refractivity contribution in [1.82, 2.24) is 29.1 Å². The summed E-state index contributed by atoms with van der Waals surface area (Å²) in [5.74, 6) is 1.84. The van der Waals surface area contributed by atoms with Crippen LogP contribution >= 0.6 is 20.3 Å². The van der Waals surface area contributed by atoms with Crippen LogP contribution < -0.4 is 0 Å². The number of aromatic nitrogens is 4. The Balaban J connectivity index is 1.25. The third-order valence-corrected chi connectivity index (χ3v) is 9.40. The van der Waals surface area contributed by atoms with Crippen LogP contribution in [-0.2, 0) is 13.8 Å². The van der Waals surface area contributed by atoms with Crippen LogP contribution in [0.5, 0.6) is 0 Å². The molecule has 1 aromatic carbocycles. The lowest BCUT2D eigenvalue weighted by molar-refractivity contribution is -0.00405. The molecule has 2 aliphatic rings. The lowest BCUT2D eigenvalue weighted by Gasteiger charge is -2.28. The summed E-state index contributed by atoms with van der Waals surface area (Å²) in [5, 5.41) is 0.0315. The standard InChI is InChI=1S/C27H36N7O4PS/c1-19-22(16-23(37-19)34-18-30-24-25(28-17-29-26(24)34)31-20(2)32(3)4)38-39(33-12-8-9-13-33)36-14-15-40-27(35)21-10-6-5-7-11-21/h5-7,10-11,17-19,22-23H,8-9,12-16H2,1-4H3/b31-20-/t19-,22?,23-,39?/m1/s1/i1D. The van der Waals surface area contributed by atoms with E-state index in [1.54, 1.807) is 6.33 Å². The molecule has 5 rings (SSSR count). The highest BCUT2D eigenvalue weighted by Gasteiger charge is 2.39. The van der Waals surface area contributed by atoms with Crippen LogP contribution in [0.1, 0.15) is 51.0 Å². The molecule has 2 unspecified atom stereocenters. The van der Waals surface area contributed by atoms with Gasteiger partial charge in [-0.05, 0) is 26.7 Å². The molecule has 2 aromatic heterocycles. The van der Waals surface area contributed by atoms with E-state index < -0.39 is 20.9 Å². The molecule has 2 saturated heterocycles. The number of carbonyl (C=O) groups is 1. The third-order valence-electron chi connectivity index (χ3n) is 6.81. The molecule has 13 heteroatoms. The van der Waals surface area contributed by atoms with Crippen molar-refractivity contribution in [3.05, 3.63) is 48.5 Å². The van der Waals surface area contributed by atoms with Gasteiger partial charge in [-0.3, -0.25) is 9.36 Å². The first-order chi connectivity index (χ1) is 19.9. The molecule has 0 bridgehead atoms. The lowest BCUT2D eigenvalue weighted by Crippen LogP contribution is -2.25. The Hall–Kier alpha value is -2.47. The van der Waals surface area contributed by atoms with Gasteiger partial charge in [0.25, 0.3) is 8.53 Å². The number of amidine groups is 1. The number of carbonyl (C=O) groups excluding carboxylic acids is 1. The number of ether oxygens (including phenoxy) is 1. The van der Waals surface area contributed by atoms with Gasteiger partial charge >= 0.3 is 0 Å². The average molecular weight is 587 g/mol. The van der Waals surface area contributed by atoms with E-state index in [2.05, 4.69) is 24.6 Å². The Kier molecular flexibility index (Phi) is 9.32. The predicted octanol–water partition coefficient (Wildman–Crippen LogP) is 5.04. The minimum Gasteiger partial charge on any atom is -0.366 e. The van der Waals surface area contributed by atoms with Crippen LogP contribution in [-0.4, -0.2) is 91.8 Å². The maximum absolute atomic E-state index is 12.5. The van der Waals surface area contributed by atoms with Crippen molar-refractivity contribution >= 4 is 48.2 Å². The van der Waals surface area contributed by atoms with Crippen molar-refractivity contribution in [3.8, 4) is 0 Å². The lowest BCUT2D eigenvalue weighted by atomic mass is 10.2. The van der Waals surface area contributed by atoms with Gasteiger partial charge in [-0.15, -0.1) is 0 Å². The summed E-state index contributed by atoms with van der Waals surface area (Å²) in [5.41, 5.74) is 1.90. The van der Waals surface area contributed by atoms with E-state index in [0.29, 0.717) is 41.3 Å². The van der Waals surface area contributed by atoms with Gasteiger partial charge < -0.3 is 18.7 Å². The minimum absolute atomic E-state index is 0.0315. The van der Waals surface area contributed by atoms with Crippen LogP contribution in [0.2, 0.25) is 0 Å². The number of fused-ring (bicyclic) bond motifs is 1. The molecule has 0 saturated carbocycles. The first-order valence-electron chi connectivity index (χ1n) is 14.1. The van der Waals surface area contributed by atoms with Gasteiger partial charge in [-0.2, -0.15) is 0 Å². The Morgan fingerprint density at radius 1 is 1.25 bits per heavy atom. The van der Waals surface area contributed by atoms with E-state index in [1.165, 1.54) is 18.1 Å². The molecular formula is C27H36N7O4PS. The Labute approximate surface area is 241 Å². The Morgan fingerprint density at radius 2 is 2.05 bits per heavy atom. The summed E-state index contributed by atoms with van der Waals surface area (Å²) in [7, 11) is 2.50. The molecule has 0 aliphatic carbocycles. The van der Waals surface area contributed by atoms with Crippen LogP contribution in [0.3, 0.4) is 0 Å². The second-order valence-corrected chi connectivity index (χ2v) is 12.4. The molecule has 2 aliphatic heterocycles. The summed E-state index contributed by atoms with van der Waals surface area (Å²) in [4.78, 5) is 32.3. The fourth-order valence-corrected chi connectivity index (χ4v) is 6.88. The normalized spacial score (nSPS) is 23.0. The average Bonchev–Trinajstić information content (AvgIpc) is 3.75. The molecule has 40 heavy (non-hydrogen) atoms. The SMILES string of the molecule is [2H]C[C@H]1O[C@@H](n2cnc3c(/N=C(/C)N(C)C)ncnc32)CC1OP(OCCSC(=O)c1ccccc1)N1CCCC1. The van der Waals surface area contributed by atoms with E-state index >= 15 is 0 Å². The summed E-state index contributed by atoms with van der Waals surface area (Å²) < 4.78 is 31.4. The molecule has 4 heterocycles. The van der Waals surface area contributed by atoms with Gasteiger partial charge in [0.2, 0.25) is 5.12 Å².